The van der Waals surface area contributed by atoms with E-state index in [0.29, 0.717) is 41.7 Å². The number of amides is 2. The third-order valence-corrected chi connectivity index (χ3v) is 6.66. The molecule has 0 saturated heterocycles. The second kappa shape index (κ2) is 8.17. The Balaban J connectivity index is 1.78. The van der Waals surface area contributed by atoms with Crippen molar-refractivity contribution < 1.29 is 14.0 Å². The van der Waals surface area contributed by atoms with Crippen LogP contribution in [0.4, 0.5) is 4.39 Å². The van der Waals surface area contributed by atoms with Crippen LogP contribution in [0.1, 0.15) is 29.4 Å². The van der Waals surface area contributed by atoms with Crippen molar-refractivity contribution in [2.24, 2.45) is 7.05 Å². The number of para-hydroxylation sites is 1. The summed E-state index contributed by atoms with van der Waals surface area (Å²) in [4.78, 5) is 30.9. The standard InChI is InChI=1S/C27H27FN4O2/c1-16(33)32-11-7-9-18(15-32)19-13-20(24-12-17-8-5-6-10-23(17)31(24)4)21-14-22(27(34)30(2)3)29-26(21)25(19)28/h5-6,8-10,12-14,29H,7,11,15H2,1-4H3. The summed E-state index contributed by atoms with van der Waals surface area (Å²) in [6.45, 7) is 2.52. The van der Waals surface area contributed by atoms with Gasteiger partial charge in [-0.3, -0.25) is 9.59 Å². The van der Waals surface area contributed by atoms with Crippen molar-refractivity contribution in [2.45, 2.75) is 13.3 Å². The molecule has 1 N–H and O–H groups in total. The molecule has 6 nitrogen and oxygen atoms in total. The predicted molar refractivity (Wildman–Crippen MR) is 133 cm³/mol. The average molecular weight is 459 g/mol. The molecule has 7 heteroatoms. The fourth-order valence-electron chi connectivity index (χ4n) is 4.82. The first-order chi connectivity index (χ1) is 16.3. The second-order valence-electron chi connectivity index (χ2n) is 9.06. The molecule has 3 heterocycles. The Hall–Kier alpha value is -3.87. The Kier molecular flexibility index (Phi) is 5.27. The number of nitrogens with zero attached hydrogens (tertiary/aromatic N) is 3. The van der Waals surface area contributed by atoms with Gasteiger partial charge in [-0.15, -0.1) is 0 Å². The van der Waals surface area contributed by atoms with Crippen molar-refractivity contribution in [2.75, 3.05) is 27.2 Å². The lowest BCUT2D eigenvalue weighted by molar-refractivity contribution is -0.128. The Morgan fingerprint density at radius 1 is 1.09 bits per heavy atom. The molecule has 2 aromatic carbocycles. The zero-order valence-corrected chi connectivity index (χ0v) is 19.8. The summed E-state index contributed by atoms with van der Waals surface area (Å²) in [5.74, 6) is -0.661. The van der Waals surface area contributed by atoms with Gasteiger partial charge in [0, 0.05) is 74.3 Å². The zero-order valence-electron chi connectivity index (χ0n) is 19.8. The lowest BCUT2D eigenvalue weighted by Crippen LogP contribution is -2.33. The zero-order chi connectivity index (χ0) is 24.1. The molecule has 0 fully saturated rings. The molecular formula is C27H27FN4O2. The second-order valence-corrected chi connectivity index (χ2v) is 9.06. The SMILES string of the molecule is CC(=O)N1CCC=C(c2cc(-c3cc4ccccc4n3C)c3cc(C(=O)N(C)C)[nH]c3c2F)C1. The molecule has 174 valence electrons. The first-order valence-electron chi connectivity index (χ1n) is 11.3. The number of carbonyl (C=O) groups excluding carboxylic acids is 2. The van der Waals surface area contributed by atoms with Crippen LogP contribution in [-0.4, -0.2) is 58.4 Å². The smallest absolute Gasteiger partial charge is 0.269 e. The summed E-state index contributed by atoms with van der Waals surface area (Å²) in [6.07, 6.45) is 2.68. The largest absolute Gasteiger partial charge is 0.348 e. The van der Waals surface area contributed by atoms with Crippen LogP contribution in [0.2, 0.25) is 0 Å². The molecule has 0 spiro atoms. The number of benzene rings is 2. The van der Waals surface area contributed by atoms with E-state index in [4.69, 9.17) is 0 Å². The van der Waals surface area contributed by atoms with Crippen LogP contribution >= 0.6 is 0 Å². The molecule has 0 atom stereocenters. The third-order valence-electron chi connectivity index (χ3n) is 6.66. The van der Waals surface area contributed by atoms with Crippen molar-refractivity contribution in [3.63, 3.8) is 0 Å². The topological polar surface area (TPSA) is 61.3 Å². The van der Waals surface area contributed by atoms with Crippen LogP contribution < -0.4 is 0 Å². The minimum Gasteiger partial charge on any atom is -0.348 e. The van der Waals surface area contributed by atoms with Gasteiger partial charge in [-0.25, -0.2) is 4.39 Å². The highest BCUT2D eigenvalue weighted by Gasteiger charge is 2.25. The maximum absolute atomic E-state index is 16.0. The van der Waals surface area contributed by atoms with E-state index in [1.807, 2.05) is 43.5 Å². The molecule has 0 radical (unpaired) electrons. The van der Waals surface area contributed by atoms with Crippen molar-refractivity contribution >= 4 is 39.2 Å². The molecule has 2 aromatic heterocycles. The number of H-pyrrole nitrogens is 1. The number of rotatable bonds is 3. The summed E-state index contributed by atoms with van der Waals surface area (Å²) in [7, 11) is 5.33. The Morgan fingerprint density at radius 3 is 2.56 bits per heavy atom. The number of nitrogens with one attached hydrogen (secondary N) is 1. The van der Waals surface area contributed by atoms with Crippen molar-refractivity contribution in [3.8, 4) is 11.3 Å². The van der Waals surface area contributed by atoms with E-state index in [-0.39, 0.29) is 11.8 Å². The number of aryl methyl sites for hydroxylation is 1. The van der Waals surface area contributed by atoms with E-state index in [1.165, 1.54) is 11.8 Å². The molecule has 2 amide bonds. The van der Waals surface area contributed by atoms with Gasteiger partial charge < -0.3 is 19.4 Å². The number of fused-ring (bicyclic) bond motifs is 2. The first kappa shape index (κ1) is 21.9. The summed E-state index contributed by atoms with van der Waals surface area (Å²) in [5, 5.41) is 1.73. The Morgan fingerprint density at radius 2 is 1.85 bits per heavy atom. The third kappa shape index (κ3) is 3.48. The molecule has 0 unspecified atom stereocenters. The lowest BCUT2D eigenvalue weighted by atomic mass is 9.95. The molecule has 5 rings (SSSR count). The van der Waals surface area contributed by atoms with E-state index in [2.05, 4.69) is 15.6 Å². The van der Waals surface area contributed by atoms with E-state index < -0.39 is 5.82 Å². The fraction of sp³-hybridized carbons (Fsp3) is 0.259. The summed E-state index contributed by atoms with van der Waals surface area (Å²) < 4.78 is 18.0. The molecule has 0 bridgehead atoms. The van der Waals surface area contributed by atoms with E-state index in [0.717, 1.165) is 27.7 Å². The van der Waals surface area contributed by atoms with Crippen LogP contribution in [0.25, 0.3) is 38.6 Å². The molecule has 1 aliphatic heterocycles. The van der Waals surface area contributed by atoms with Gasteiger partial charge in [0.1, 0.15) is 5.69 Å². The Bertz CT molecular complexity index is 1490. The molecule has 1 aliphatic rings. The normalized spacial score (nSPS) is 14.0. The van der Waals surface area contributed by atoms with E-state index in [9.17, 15) is 9.59 Å². The van der Waals surface area contributed by atoms with Crippen molar-refractivity contribution in [3.05, 3.63) is 65.6 Å². The lowest BCUT2D eigenvalue weighted by Gasteiger charge is -2.27. The number of halogens is 1. The highest BCUT2D eigenvalue weighted by molar-refractivity contribution is 6.05. The number of hydrogen-bond acceptors (Lipinski definition) is 2. The van der Waals surface area contributed by atoms with Gasteiger partial charge in [0.25, 0.3) is 5.91 Å². The van der Waals surface area contributed by atoms with Crippen molar-refractivity contribution in [1.29, 1.82) is 0 Å². The van der Waals surface area contributed by atoms with Crippen LogP contribution in [0.3, 0.4) is 0 Å². The summed E-state index contributed by atoms with van der Waals surface area (Å²) in [6, 6.07) is 13.8. The van der Waals surface area contributed by atoms with Crippen molar-refractivity contribution in [1.82, 2.24) is 19.4 Å². The summed E-state index contributed by atoms with van der Waals surface area (Å²) >= 11 is 0. The predicted octanol–water partition coefficient (Wildman–Crippen LogP) is 4.80. The maximum atomic E-state index is 16.0. The molecular weight excluding hydrogens is 431 g/mol. The highest BCUT2D eigenvalue weighted by atomic mass is 19.1. The minimum atomic E-state index is -0.410. The molecule has 34 heavy (non-hydrogen) atoms. The number of aromatic amines is 1. The highest BCUT2D eigenvalue weighted by Crippen LogP contribution is 2.38. The summed E-state index contributed by atoms with van der Waals surface area (Å²) in [5.41, 5.74) is 4.68. The average Bonchev–Trinajstić information content (AvgIpc) is 3.42. The number of aromatic nitrogens is 2. The van der Waals surface area contributed by atoms with Gasteiger partial charge >= 0.3 is 0 Å². The monoisotopic (exact) mass is 458 g/mol. The fourth-order valence-corrected chi connectivity index (χ4v) is 4.82. The first-order valence-corrected chi connectivity index (χ1v) is 11.3. The molecule has 0 saturated carbocycles. The van der Waals surface area contributed by atoms with Crippen LogP contribution in [0, 0.1) is 5.82 Å². The van der Waals surface area contributed by atoms with Crippen LogP contribution in [-0.2, 0) is 11.8 Å². The van der Waals surface area contributed by atoms with Gasteiger partial charge in [0.15, 0.2) is 5.82 Å². The van der Waals surface area contributed by atoms with E-state index >= 15 is 4.39 Å². The Labute approximate surface area is 197 Å². The van der Waals surface area contributed by atoms with Gasteiger partial charge in [0.2, 0.25) is 5.91 Å². The van der Waals surface area contributed by atoms with Gasteiger partial charge in [-0.2, -0.15) is 0 Å². The minimum absolute atomic E-state index is 0.0280. The van der Waals surface area contributed by atoms with Crippen LogP contribution in [0.5, 0.6) is 0 Å². The quantitative estimate of drug-likeness (QED) is 0.479. The number of carbonyl (C=O) groups is 2. The van der Waals surface area contributed by atoms with Crippen LogP contribution in [0.15, 0.2) is 48.5 Å². The maximum Gasteiger partial charge on any atom is 0.269 e. The molecule has 0 aliphatic carbocycles. The van der Waals surface area contributed by atoms with Gasteiger partial charge in [-0.1, -0.05) is 24.3 Å². The van der Waals surface area contributed by atoms with Gasteiger partial charge in [-0.05, 0) is 36.3 Å². The number of hydrogen-bond donors (Lipinski definition) is 1. The van der Waals surface area contributed by atoms with E-state index in [1.54, 1.807) is 25.1 Å². The molecule has 4 aromatic rings. The van der Waals surface area contributed by atoms with Gasteiger partial charge in [0.05, 0.1) is 5.52 Å².